The number of ketones is 1. The molecule has 7 nitrogen and oxygen atoms in total. The summed E-state index contributed by atoms with van der Waals surface area (Å²) in [7, 11) is 0. The molecular formula is C15H17N3O4. The number of benzene rings is 1. The SMILES string of the molecule is CC1(C)CC(=O)C(/C=N\Nc2ccc([N+](=O)[O-])cc2)=C(O)C1. The number of aliphatic hydroxyl groups excluding tert-OH is 1. The van der Waals surface area contributed by atoms with Crippen molar-refractivity contribution >= 4 is 23.4 Å². The minimum atomic E-state index is -0.488. The Morgan fingerprint density at radius 2 is 1.95 bits per heavy atom. The molecule has 1 aliphatic carbocycles. The standard InChI is InChI=1S/C15H17N3O4/c1-15(2)7-13(19)12(14(20)8-15)9-16-17-10-3-5-11(6-4-10)18(21)22/h3-6,9,17,19H,7-8H2,1-2H3/b16-9-. The maximum absolute atomic E-state index is 12.0. The maximum atomic E-state index is 12.0. The third kappa shape index (κ3) is 3.69. The van der Waals surface area contributed by atoms with Gasteiger partial charge in [-0.3, -0.25) is 20.3 Å². The minimum Gasteiger partial charge on any atom is -0.511 e. The third-order valence-corrected chi connectivity index (χ3v) is 3.36. The molecule has 2 rings (SSSR count). The van der Waals surface area contributed by atoms with E-state index in [9.17, 15) is 20.0 Å². The molecule has 0 fully saturated rings. The molecule has 0 saturated heterocycles. The fourth-order valence-electron chi connectivity index (χ4n) is 2.28. The molecule has 0 amide bonds. The van der Waals surface area contributed by atoms with Gasteiger partial charge in [-0.2, -0.15) is 5.10 Å². The number of nitrogens with zero attached hydrogens (tertiary/aromatic N) is 2. The largest absolute Gasteiger partial charge is 0.511 e. The molecule has 116 valence electrons. The van der Waals surface area contributed by atoms with Crippen molar-refractivity contribution in [2.75, 3.05) is 5.43 Å². The molecule has 0 unspecified atom stereocenters. The first-order valence-electron chi connectivity index (χ1n) is 6.77. The highest BCUT2D eigenvalue weighted by Gasteiger charge is 2.32. The highest BCUT2D eigenvalue weighted by atomic mass is 16.6. The van der Waals surface area contributed by atoms with E-state index in [-0.39, 0.29) is 28.2 Å². The molecule has 2 N–H and O–H groups in total. The predicted molar refractivity (Wildman–Crippen MR) is 82.9 cm³/mol. The summed E-state index contributed by atoms with van der Waals surface area (Å²) in [5.74, 6) is -0.113. The van der Waals surface area contributed by atoms with Crippen molar-refractivity contribution in [2.24, 2.45) is 10.5 Å². The molecule has 7 heteroatoms. The molecule has 0 aromatic heterocycles. The van der Waals surface area contributed by atoms with Crippen molar-refractivity contribution < 1.29 is 14.8 Å². The van der Waals surface area contributed by atoms with Crippen LogP contribution < -0.4 is 5.43 Å². The molecule has 0 heterocycles. The van der Waals surface area contributed by atoms with Gasteiger partial charge in [-0.25, -0.2) is 0 Å². The average Bonchev–Trinajstić information content (AvgIpc) is 2.41. The number of rotatable bonds is 4. The number of nitrogens with one attached hydrogen (secondary N) is 1. The summed E-state index contributed by atoms with van der Waals surface area (Å²) in [5.41, 5.74) is 3.16. The molecule has 0 aliphatic heterocycles. The summed E-state index contributed by atoms with van der Waals surface area (Å²) in [6, 6.07) is 5.72. The van der Waals surface area contributed by atoms with Crippen molar-refractivity contribution in [1.82, 2.24) is 0 Å². The van der Waals surface area contributed by atoms with E-state index >= 15 is 0 Å². The Balaban J connectivity index is 2.06. The number of Topliss-reactive ketones (excluding diaryl/α,β-unsaturated/α-hetero) is 1. The molecule has 0 spiro atoms. The van der Waals surface area contributed by atoms with Crippen molar-refractivity contribution in [3.8, 4) is 0 Å². The first kappa shape index (κ1) is 15.7. The Morgan fingerprint density at radius 3 is 2.50 bits per heavy atom. The van der Waals surface area contributed by atoms with Crippen LogP contribution in [0, 0.1) is 15.5 Å². The Hall–Kier alpha value is -2.70. The van der Waals surface area contributed by atoms with Gasteiger partial charge in [0.2, 0.25) is 0 Å². The van der Waals surface area contributed by atoms with E-state index in [1.54, 1.807) is 0 Å². The lowest BCUT2D eigenvalue weighted by atomic mass is 9.77. The highest BCUT2D eigenvalue weighted by molar-refractivity contribution is 6.14. The van der Waals surface area contributed by atoms with Gasteiger partial charge in [0.1, 0.15) is 5.76 Å². The van der Waals surface area contributed by atoms with Gasteiger partial charge >= 0.3 is 0 Å². The molecular weight excluding hydrogens is 286 g/mol. The van der Waals surface area contributed by atoms with E-state index in [0.717, 1.165) is 0 Å². The van der Waals surface area contributed by atoms with Gasteiger partial charge < -0.3 is 5.11 Å². The van der Waals surface area contributed by atoms with Crippen LogP contribution in [-0.2, 0) is 4.79 Å². The van der Waals surface area contributed by atoms with Crippen LogP contribution in [0.3, 0.4) is 0 Å². The molecule has 1 aromatic rings. The number of hydrogen-bond donors (Lipinski definition) is 2. The zero-order valence-electron chi connectivity index (χ0n) is 12.4. The van der Waals surface area contributed by atoms with Crippen LogP contribution in [0.2, 0.25) is 0 Å². The summed E-state index contributed by atoms with van der Waals surface area (Å²) in [5, 5.41) is 24.4. The van der Waals surface area contributed by atoms with Gasteiger partial charge in [0.25, 0.3) is 5.69 Å². The van der Waals surface area contributed by atoms with Crippen LogP contribution in [-0.4, -0.2) is 22.0 Å². The second-order valence-electron chi connectivity index (χ2n) is 5.98. The molecule has 0 saturated carbocycles. The zero-order chi connectivity index (χ0) is 16.3. The monoisotopic (exact) mass is 303 g/mol. The van der Waals surface area contributed by atoms with Crippen LogP contribution in [0.4, 0.5) is 11.4 Å². The molecule has 0 radical (unpaired) electrons. The number of anilines is 1. The maximum Gasteiger partial charge on any atom is 0.269 e. The lowest BCUT2D eigenvalue weighted by Gasteiger charge is -2.28. The quantitative estimate of drug-likeness (QED) is 0.505. The Bertz CT molecular complexity index is 660. The number of hydrazone groups is 1. The summed E-state index contributed by atoms with van der Waals surface area (Å²) in [6.45, 7) is 3.84. The second-order valence-corrected chi connectivity index (χ2v) is 5.98. The van der Waals surface area contributed by atoms with Crippen LogP contribution in [0.25, 0.3) is 0 Å². The van der Waals surface area contributed by atoms with Crippen LogP contribution in [0.1, 0.15) is 26.7 Å². The fraction of sp³-hybridized carbons (Fsp3) is 0.333. The zero-order valence-corrected chi connectivity index (χ0v) is 12.4. The summed E-state index contributed by atoms with van der Waals surface area (Å²) >= 11 is 0. The van der Waals surface area contributed by atoms with E-state index in [1.165, 1.54) is 30.5 Å². The first-order chi connectivity index (χ1) is 10.3. The number of nitro groups is 1. The summed E-state index contributed by atoms with van der Waals surface area (Å²) in [4.78, 5) is 22.0. The van der Waals surface area contributed by atoms with E-state index in [2.05, 4.69) is 10.5 Å². The van der Waals surface area contributed by atoms with Crippen LogP contribution in [0.5, 0.6) is 0 Å². The van der Waals surface area contributed by atoms with Gasteiger partial charge in [0.15, 0.2) is 5.78 Å². The van der Waals surface area contributed by atoms with Gasteiger partial charge in [-0.05, 0) is 17.5 Å². The molecule has 22 heavy (non-hydrogen) atoms. The molecule has 0 bridgehead atoms. The van der Waals surface area contributed by atoms with E-state index in [4.69, 9.17) is 0 Å². The van der Waals surface area contributed by atoms with Crippen molar-refractivity contribution in [1.29, 1.82) is 0 Å². The Kier molecular flexibility index (Phi) is 4.25. The van der Waals surface area contributed by atoms with E-state index < -0.39 is 4.92 Å². The lowest BCUT2D eigenvalue weighted by molar-refractivity contribution is -0.384. The van der Waals surface area contributed by atoms with E-state index in [0.29, 0.717) is 18.5 Å². The number of aliphatic hydroxyl groups is 1. The highest BCUT2D eigenvalue weighted by Crippen LogP contribution is 2.35. The number of carbonyl (C=O) groups excluding carboxylic acids is 1. The van der Waals surface area contributed by atoms with Crippen molar-refractivity contribution in [3.63, 3.8) is 0 Å². The normalized spacial score (nSPS) is 17.8. The Labute approximate surface area is 127 Å². The van der Waals surface area contributed by atoms with Gasteiger partial charge in [0.05, 0.1) is 22.4 Å². The van der Waals surface area contributed by atoms with Crippen LogP contribution >= 0.6 is 0 Å². The number of nitro benzene ring substituents is 1. The molecule has 0 atom stereocenters. The lowest BCUT2D eigenvalue weighted by Crippen LogP contribution is -2.26. The number of non-ortho nitro benzene ring substituents is 1. The van der Waals surface area contributed by atoms with Crippen LogP contribution in [0.15, 0.2) is 40.7 Å². The summed E-state index contributed by atoms with van der Waals surface area (Å²) < 4.78 is 0. The number of hydrogen-bond acceptors (Lipinski definition) is 6. The fourth-order valence-corrected chi connectivity index (χ4v) is 2.28. The first-order valence-corrected chi connectivity index (χ1v) is 6.77. The van der Waals surface area contributed by atoms with E-state index in [1.807, 2.05) is 13.8 Å². The topological polar surface area (TPSA) is 105 Å². The predicted octanol–water partition coefficient (Wildman–Crippen LogP) is 3.19. The molecule has 1 aromatic carbocycles. The third-order valence-electron chi connectivity index (χ3n) is 3.36. The summed E-state index contributed by atoms with van der Waals surface area (Å²) in [6.07, 6.45) is 2.07. The second kappa shape index (κ2) is 5.97. The van der Waals surface area contributed by atoms with Crippen molar-refractivity contribution in [3.05, 3.63) is 45.7 Å². The van der Waals surface area contributed by atoms with Gasteiger partial charge in [-0.15, -0.1) is 0 Å². The van der Waals surface area contributed by atoms with Gasteiger partial charge in [0, 0.05) is 25.0 Å². The van der Waals surface area contributed by atoms with Gasteiger partial charge in [-0.1, -0.05) is 13.8 Å². The smallest absolute Gasteiger partial charge is 0.269 e. The average molecular weight is 303 g/mol. The minimum absolute atomic E-state index is 0.0143. The number of carbonyl (C=O) groups is 1. The Morgan fingerprint density at radius 1 is 1.32 bits per heavy atom. The number of allylic oxidation sites excluding steroid dienone is 2. The molecule has 1 aliphatic rings. The van der Waals surface area contributed by atoms with Crippen molar-refractivity contribution in [2.45, 2.75) is 26.7 Å².